The van der Waals surface area contributed by atoms with Gasteiger partial charge in [0.25, 0.3) is 0 Å². The number of hydrogen-bond acceptors (Lipinski definition) is 3. The zero-order valence-electron chi connectivity index (χ0n) is 11.9. The number of hydrogen-bond donors (Lipinski definition) is 2. The molecule has 0 saturated heterocycles. The molecular formula is C15H26O3. The molecule has 0 heterocycles. The Hall–Kier alpha value is -0.930. The average Bonchev–Trinajstić information content (AvgIpc) is 2.24. The Balaban J connectivity index is 4.11. The number of rotatable bonds is 8. The van der Waals surface area contributed by atoms with Gasteiger partial charge in [-0.15, -0.1) is 6.58 Å². The number of allylic oxidation sites excluding steroid dienone is 1. The number of ketones is 1. The van der Waals surface area contributed by atoms with Crippen molar-refractivity contribution in [1.29, 1.82) is 0 Å². The molecule has 0 aromatic carbocycles. The van der Waals surface area contributed by atoms with E-state index in [1.165, 1.54) is 18.2 Å². The van der Waals surface area contributed by atoms with Crippen LogP contribution >= 0.6 is 0 Å². The fraction of sp³-hybridized carbons (Fsp3) is 0.667. The highest BCUT2D eigenvalue weighted by atomic mass is 16.3. The first-order valence-electron chi connectivity index (χ1n) is 6.39. The highest BCUT2D eigenvalue weighted by molar-refractivity contribution is 5.91. The van der Waals surface area contributed by atoms with Crippen LogP contribution in [-0.2, 0) is 4.79 Å². The molecule has 0 fully saturated rings. The lowest BCUT2D eigenvalue weighted by molar-refractivity contribution is -0.118. The third kappa shape index (κ3) is 8.20. The lowest BCUT2D eigenvalue weighted by Crippen LogP contribution is -2.21. The van der Waals surface area contributed by atoms with E-state index in [2.05, 4.69) is 6.58 Å². The second-order valence-electron chi connectivity index (χ2n) is 5.74. The van der Waals surface area contributed by atoms with Gasteiger partial charge in [0.1, 0.15) is 0 Å². The molecule has 0 radical (unpaired) electrons. The molecule has 0 saturated carbocycles. The second kappa shape index (κ2) is 6.86. The smallest absolute Gasteiger partial charge is 0.158 e. The number of carbonyl (C=O) groups is 1. The molecule has 0 spiro atoms. The second-order valence-corrected chi connectivity index (χ2v) is 5.74. The van der Waals surface area contributed by atoms with Crippen LogP contribution in [-0.4, -0.2) is 27.2 Å². The van der Waals surface area contributed by atoms with E-state index >= 15 is 0 Å². The van der Waals surface area contributed by atoms with Gasteiger partial charge in [-0.25, -0.2) is 0 Å². The first kappa shape index (κ1) is 17.1. The maximum Gasteiger partial charge on any atom is 0.158 e. The predicted octanol–water partition coefficient (Wildman–Crippen LogP) is 2.63. The monoisotopic (exact) mass is 254 g/mol. The lowest BCUT2D eigenvalue weighted by Gasteiger charge is -2.19. The van der Waals surface area contributed by atoms with Gasteiger partial charge in [-0.2, -0.15) is 0 Å². The number of carbonyl (C=O) groups excluding carboxylic acids is 1. The molecule has 2 unspecified atom stereocenters. The normalized spacial score (nSPS) is 17.4. The minimum atomic E-state index is -0.956. The van der Waals surface area contributed by atoms with Gasteiger partial charge >= 0.3 is 0 Å². The largest absolute Gasteiger partial charge is 0.386 e. The minimum Gasteiger partial charge on any atom is -0.386 e. The van der Waals surface area contributed by atoms with Gasteiger partial charge in [-0.1, -0.05) is 19.1 Å². The molecule has 0 aliphatic rings. The molecular weight excluding hydrogens is 228 g/mol. The molecule has 3 nitrogen and oxygen atoms in total. The van der Waals surface area contributed by atoms with Crippen LogP contribution < -0.4 is 0 Å². The van der Waals surface area contributed by atoms with Gasteiger partial charge < -0.3 is 10.2 Å². The molecule has 3 heteroatoms. The average molecular weight is 254 g/mol. The van der Waals surface area contributed by atoms with E-state index in [9.17, 15) is 15.0 Å². The Morgan fingerprint density at radius 2 is 1.89 bits per heavy atom. The zero-order valence-corrected chi connectivity index (χ0v) is 11.9. The van der Waals surface area contributed by atoms with Gasteiger partial charge in [0.05, 0.1) is 11.2 Å². The Morgan fingerprint density at radius 3 is 2.33 bits per heavy atom. The molecule has 104 valence electrons. The summed E-state index contributed by atoms with van der Waals surface area (Å²) in [6.45, 7) is 10.4. The molecule has 2 atom stereocenters. The van der Waals surface area contributed by atoms with E-state index in [1.54, 1.807) is 20.8 Å². The molecule has 2 N–H and O–H groups in total. The molecule has 0 aliphatic carbocycles. The Labute approximate surface area is 110 Å². The first-order chi connectivity index (χ1) is 8.07. The van der Waals surface area contributed by atoms with Crippen molar-refractivity contribution in [3.8, 4) is 0 Å². The summed E-state index contributed by atoms with van der Waals surface area (Å²) >= 11 is 0. The van der Waals surface area contributed by atoms with Crippen molar-refractivity contribution >= 4 is 5.78 Å². The summed E-state index contributed by atoms with van der Waals surface area (Å²) in [6.07, 6.45) is 6.56. The van der Waals surface area contributed by atoms with Gasteiger partial charge in [0.15, 0.2) is 5.78 Å². The molecule has 0 rings (SSSR count). The number of aliphatic hydroxyl groups is 2. The predicted molar refractivity (Wildman–Crippen MR) is 74.3 cm³/mol. The van der Waals surface area contributed by atoms with E-state index < -0.39 is 11.2 Å². The third-order valence-corrected chi connectivity index (χ3v) is 2.90. The van der Waals surface area contributed by atoms with Crippen LogP contribution in [0.3, 0.4) is 0 Å². The van der Waals surface area contributed by atoms with Crippen LogP contribution in [0.2, 0.25) is 0 Å². The highest BCUT2D eigenvalue weighted by Crippen LogP contribution is 2.18. The van der Waals surface area contributed by atoms with Gasteiger partial charge in [0, 0.05) is 5.92 Å². The Morgan fingerprint density at radius 1 is 1.33 bits per heavy atom. The van der Waals surface area contributed by atoms with Crippen LogP contribution in [0.4, 0.5) is 0 Å². The summed E-state index contributed by atoms with van der Waals surface area (Å²) in [5.74, 6) is -0.0837. The quantitative estimate of drug-likeness (QED) is 0.517. The Bertz CT molecular complexity index is 308. The lowest BCUT2D eigenvalue weighted by atomic mass is 9.93. The van der Waals surface area contributed by atoms with Crippen molar-refractivity contribution in [2.75, 3.05) is 0 Å². The van der Waals surface area contributed by atoms with Crippen molar-refractivity contribution in [2.45, 2.75) is 58.2 Å². The van der Waals surface area contributed by atoms with E-state index in [0.717, 1.165) is 12.8 Å². The molecule has 0 aromatic rings. The summed E-state index contributed by atoms with van der Waals surface area (Å²) < 4.78 is 0. The topological polar surface area (TPSA) is 57.5 Å². The SMILES string of the molecule is C=CC(C)(O)CCCC(C)C(=O)/C=C/C(C)(C)O. The fourth-order valence-corrected chi connectivity index (χ4v) is 1.46. The highest BCUT2D eigenvalue weighted by Gasteiger charge is 2.17. The molecule has 18 heavy (non-hydrogen) atoms. The summed E-state index contributed by atoms with van der Waals surface area (Å²) in [6, 6.07) is 0. The standard InChI is InChI=1S/C15H26O3/c1-6-15(5,18)10-7-8-12(2)13(16)9-11-14(3,4)17/h6,9,11-12,17-18H,1,7-8,10H2,2-5H3/b11-9+. The van der Waals surface area contributed by atoms with Crippen molar-refractivity contribution in [3.05, 3.63) is 24.8 Å². The van der Waals surface area contributed by atoms with Gasteiger partial charge in [-0.05, 0) is 46.1 Å². The van der Waals surface area contributed by atoms with Crippen molar-refractivity contribution in [3.63, 3.8) is 0 Å². The van der Waals surface area contributed by atoms with E-state index in [0.29, 0.717) is 6.42 Å². The van der Waals surface area contributed by atoms with Crippen molar-refractivity contribution < 1.29 is 15.0 Å². The van der Waals surface area contributed by atoms with Crippen LogP contribution in [0.15, 0.2) is 24.8 Å². The van der Waals surface area contributed by atoms with E-state index in [-0.39, 0.29) is 11.7 Å². The summed E-state index contributed by atoms with van der Waals surface area (Å²) in [4.78, 5) is 11.7. The zero-order chi connectivity index (χ0) is 14.4. The molecule has 0 amide bonds. The molecule has 0 aromatic heterocycles. The first-order valence-corrected chi connectivity index (χ1v) is 6.39. The fourth-order valence-electron chi connectivity index (χ4n) is 1.46. The van der Waals surface area contributed by atoms with Crippen LogP contribution in [0.25, 0.3) is 0 Å². The van der Waals surface area contributed by atoms with Crippen molar-refractivity contribution in [2.24, 2.45) is 5.92 Å². The van der Waals surface area contributed by atoms with Crippen molar-refractivity contribution in [1.82, 2.24) is 0 Å². The van der Waals surface area contributed by atoms with E-state index in [1.807, 2.05) is 6.92 Å². The van der Waals surface area contributed by atoms with Crippen LogP contribution in [0.1, 0.15) is 47.0 Å². The summed E-state index contributed by atoms with van der Waals surface area (Å²) in [5.41, 5.74) is -1.81. The Kier molecular flexibility index (Phi) is 6.50. The summed E-state index contributed by atoms with van der Waals surface area (Å²) in [5, 5.41) is 19.2. The maximum atomic E-state index is 11.7. The van der Waals surface area contributed by atoms with Crippen LogP contribution in [0, 0.1) is 5.92 Å². The molecule has 0 bridgehead atoms. The summed E-state index contributed by atoms with van der Waals surface area (Å²) in [7, 11) is 0. The van der Waals surface area contributed by atoms with Gasteiger partial charge in [0.2, 0.25) is 0 Å². The maximum absolute atomic E-state index is 11.7. The minimum absolute atomic E-state index is 0.00960. The van der Waals surface area contributed by atoms with Gasteiger partial charge in [-0.3, -0.25) is 4.79 Å². The molecule has 0 aliphatic heterocycles. The van der Waals surface area contributed by atoms with E-state index in [4.69, 9.17) is 0 Å². The third-order valence-electron chi connectivity index (χ3n) is 2.90. The van der Waals surface area contributed by atoms with Crippen LogP contribution in [0.5, 0.6) is 0 Å².